The summed E-state index contributed by atoms with van der Waals surface area (Å²) in [5, 5.41) is 0.845. The van der Waals surface area contributed by atoms with Gasteiger partial charge in [0.1, 0.15) is 0 Å². The summed E-state index contributed by atoms with van der Waals surface area (Å²) in [6, 6.07) is 9.32. The van der Waals surface area contributed by atoms with Crippen LogP contribution in [0.5, 0.6) is 0 Å². The van der Waals surface area contributed by atoms with Crippen molar-refractivity contribution in [2.24, 2.45) is 0 Å². The van der Waals surface area contributed by atoms with Crippen LogP contribution < -0.4 is 5.48 Å². The average molecular weight is 256 g/mol. The smallest absolute Gasteiger partial charge is 0.270 e. The zero-order chi connectivity index (χ0) is 13.1. The first kappa shape index (κ1) is 12.1. The number of carbonyl (C=O) groups is 1. The molecule has 1 aromatic carbocycles. The Hall–Kier alpha value is -1.94. The number of benzene rings is 1. The number of carbonyl (C=O) groups excluding carboxylic acids is 1. The Morgan fingerprint density at radius 1 is 1.21 bits per heavy atom. The molecule has 1 saturated carbocycles. The highest BCUT2D eigenvalue weighted by atomic mass is 16.7. The lowest BCUT2D eigenvalue weighted by Crippen LogP contribution is -2.28. The van der Waals surface area contributed by atoms with Crippen LogP contribution in [-0.4, -0.2) is 17.0 Å². The first-order valence-electron chi connectivity index (χ1n) is 6.64. The molecule has 1 amide bonds. The van der Waals surface area contributed by atoms with Crippen LogP contribution in [0.25, 0.3) is 10.9 Å². The molecule has 1 aliphatic rings. The first-order chi connectivity index (χ1) is 9.34. The van der Waals surface area contributed by atoms with E-state index in [1.807, 2.05) is 24.3 Å². The molecule has 1 fully saturated rings. The van der Waals surface area contributed by atoms with E-state index in [9.17, 15) is 4.79 Å². The van der Waals surface area contributed by atoms with E-state index in [0.717, 1.165) is 23.7 Å². The standard InChI is InChI=1S/C15H16N2O2/c18-15(17-19-11-5-1-2-6-11)13-9-10-16-14-8-4-3-7-12(13)14/h3-4,7-11H,1-2,5-6H2,(H,17,18). The number of fused-ring (bicyclic) bond motifs is 1. The second kappa shape index (κ2) is 5.36. The Labute approximate surface area is 111 Å². The summed E-state index contributed by atoms with van der Waals surface area (Å²) < 4.78 is 0. The predicted molar refractivity (Wildman–Crippen MR) is 72.6 cm³/mol. The van der Waals surface area contributed by atoms with E-state index in [2.05, 4.69) is 10.5 Å². The van der Waals surface area contributed by atoms with Gasteiger partial charge in [0.15, 0.2) is 0 Å². The lowest BCUT2D eigenvalue weighted by molar-refractivity contribution is -0.0123. The van der Waals surface area contributed by atoms with Gasteiger partial charge in [0, 0.05) is 11.6 Å². The monoisotopic (exact) mass is 256 g/mol. The number of hydrogen-bond acceptors (Lipinski definition) is 3. The molecular weight excluding hydrogens is 240 g/mol. The zero-order valence-corrected chi connectivity index (χ0v) is 10.6. The molecule has 0 atom stereocenters. The van der Waals surface area contributed by atoms with Crippen molar-refractivity contribution < 1.29 is 9.63 Å². The molecule has 4 nitrogen and oxygen atoms in total. The first-order valence-corrected chi connectivity index (χ1v) is 6.64. The van der Waals surface area contributed by atoms with E-state index in [4.69, 9.17) is 4.84 Å². The number of rotatable bonds is 3. The second-order valence-electron chi connectivity index (χ2n) is 4.83. The molecule has 1 N–H and O–H groups in total. The van der Waals surface area contributed by atoms with Crippen LogP contribution in [0.15, 0.2) is 36.5 Å². The highest BCUT2D eigenvalue weighted by Gasteiger charge is 2.18. The third-order valence-corrected chi connectivity index (χ3v) is 3.51. The molecule has 3 rings (SSSR count). The maximum absolute atomic E-state index is 12.2. The lowest BCUT2D eigenvalue weighted by Gasteiger charge is -2.12. The highest BCUT2D eigenvalue weighted by Crippen LogP contribution is 2.20. The predicted octanol–water partition coefficient (Wildman–Crippen LogP) is 2.84. The molecule has 2 aromatic rings. The third kappa shape index (κ3) is 2.58. The van der Waals surface area contributed by atoms with E-state index < -0.39 is 0 Å². The molecule has 98 valence electrons. The minimum absolute atomic E-state index is 0.164. The van der Waals surface area contributed by atoms with Crippen LogP contribution in [0.3, 0.4) is 0 Å². The summed E-state index contributed by atoms with van der Waals surface area (Å²) in [5.41, 5.74) is 3.98. The molecule has 1 aromatic heterocycles. The van der Waals surface area contributed by atoms with Crippen LogP contribution >= 0.6 is 0 Å². The van der Waals surface area contributed by atoms with Gasteiger partial charge < -0.3 is 0 Å². The highest BCUT2D eigenvalue weighted by molar-refractivity contribution is 6.05. The Morgan fingerprint density at radius 3 is 2.84 bits per heavy atom. The van der Waals surface area contributed by atoms with E-state index in [1.54, 1.807) is 12.3 Å². The van der Waals surface area contributed by atoms with Gasteiger partial charge in [0.25, 0.3) is 5.91 Å². The number of aromatic nitrogens is 1. The Morgan fingerprint density at radius 2 is 2.00 bits per heavy atom. The molecule has 0 saturated heterocycles. The van der Waals surface area contributed by atoms with Crippen molar-refractivity contribution in [2.75, 3.05) is 0 Å². The van der Waals surface area contributed by atoms with Crippen LogP contribution in [0.2, 0.25) is 0 Å². The summed E-state index contributed by atoms with van der Waals surface area (Å²) >= 11 is 0. The normalized spacial score (nSPS) is 15.8. The van der Waals surface area contributed by atoms with Crippen molar-refractivity contribution in [2.45, 2.75) is 31.8 Å². The molecule has 0 unspecified atom stereocenters. The molecular formula is C15H16N2O2. The van der Waals surface area contributed by atoms with Crippen molar-refractivity contribution in [1.82, 2.24) is 10.5 Å². The summed E-state index contributed by atoms with van der Waals surface area (Å²) in [6.45, 7) is 0. The van der Waals surface area contributed by atoms with Crippen LogP contribution in [0, 0.1) is 0 Å². The summed E-state index contributed by atoms with van der Waals surface area (Å²) in [7, 11) is 0. The molecule has 0 spiro atoms. The molecule has 0 radical (unpaired) electrons. The van der Waals surface area contributed by atoms with Crippen molar-refractivity contribution >= 4 is 16.8 Å². The molecule has 0 aliphatic heterocycles. The SMILES string of the molecule is O=C(NOC1CCCC1)c1ccnc2ccccc12. The quantitative estimate of drug-likeness (QED) is 0.859. The van der Waals surface area contributed by atoms with Gasteiger partial charge in [-0.15, -0.1) is 0 Å². The van der Waals surface area contributed by atoms with Gasteiger partial charge in [0.05, 0.1) is 17.2 Å². The Balaban J connectivity index is 1.77. The van der Waals surface area contributed by atoms with Crippen molar-refractivity contribution in [3.05, 3.63) is 42.1 Å². The van der Waals surface area contributed by atoms with E-state index in [1.165, 1.54) is 12.8 Å². The Kier molecular flexibility index (Phi) is 3.42. The minimum atomic E-state index is -0.203. The summed E-state index contributed by atoms with van der Waals surface area (Å²) in [5.74, 6) is -0.203. The maximum Gasteiger partial charge on any atom is 0.275 e. The topological polar surface area (TPSA) is 51.2 Å². The number of nitrogens with one attached hydrogen (secondary N) is 1. The number of amides is 1. The van der Waals surface area contributed by atoms with Crippen LogP contribution in [0.4, 0.5) is 0 Å². The average Bonchev–Trinajstić information content (AvgIpc) is 2.97. The maximum atomic E-state index is 12.2. The summed E-state index contributed by atoms with van der Waals surface area (Å²) in [4.78, 5) is 21.8. The van der Waals surface area contributed by atoms with Gasteiger partial charge in [-0.3, -0.25) is 14.6 Å². The van der Waals surface area contributed by atoms with Crippen molar-refractivity contribution in [3.63, 3.8) is 0 Å². The summed E-state index contributed by atoms with van der Waals surface area (Å²) in [6.07, 6.45) is 6.22. The largest absolute Gasteiger partial charge is 0.275 e. The van der Waals surface area contributed by atoms with Gasteiger partial charge in [0.2, 0.25) is 0 Å². The number of nitrogens with zero attached hydrogens (tertiary/aromatic N) is 1. The van der Waals surface area contributed by atoms with E-state index >= 15 is 0 Å². The minimum Gasteiger partial charge on any atom is -0.270 e. The van der Waals surface area contributed by atoms with Crippen LogP contribution in [0.1, 0.15) is 36.0 Å². The molecule has 4 heteroatoms. The Bertz CT molecular complexity index is 586. The van der Waals surface area contributed by atoms with Gasteiger partial charge in [-0.1, -0.05) is 31.0 Å². The number of para-hydroxylation sites is 1. The van der Waals surface area contributed by atoms with Crippen molar-refractivity contribution in [3.8, 4) is 0 Å². The van der Waals surface area contributed by atoms with E-state index in [0.29, 0.717) is 5.56 Å². The van der Waals surface area contributed by atoms with Gasteiger partial charge in [-0.2, -0.15) is 0 Å². The number of pyridine rings is 1. The second-order valence-corrected chi connectivity index (χ2v) is 4.83. The molecule has 1 heterocycles. The molecule has 1 aliphatic carbocycles. The zero-order valence-electron chi connectivity index (χ0n) is 10.6. The fourth-order valence-electron chi connectivity index (χ4n) is 2.49. The van der Waals surface area contributed by atoms with Gasteiger partial charge in [-0.25, -0.2) is 5.48 Å². The lowest BCUT2D eigenvalue weighted by atomic mass is 10.1. The van der Waals surface area contributed by atoms with E-state index in [-0.39, 0.29) is 12.0 Å². The fraction of sp³-hybridized carbons (Fsp3) is 0.333. The fourth-order valence-corrected chi connectivity index (χ4v) is 2.49. The van der Waals surface area contributed by atoms with Gasteiger partial charge >= 0.3 is 0 Å². The van der Waals surface area contributed by atoms with Crippen molar-refractivity contribution in [1.29, 1.82) is 0 Å². The number of hydrogen-bond donors (Lipinski definition) is 1. The third-order valence-electron chi connectivity index (χ3n) is 3.51. The molecule has 19 heavy (non-hydrogen) atoms. The van der Waals surface area contributed by atoms with Crippen LogP contribution in [-0.2, 0) is 4.84 Å². The number of hydroxylamine groups is 1. The molecule has 0 bridgehead atoms. The van der Waals surface area contributed by atoms with Gasteiger partial charge in [-0.05, 0) is 25.0 Å².